The smallest absolute Gasteiger partial charge is 0.173 e. The minimum absolute atomic E-state index is 0.520. The fourth-order valence-corrected chi connectivity index (χ4v) is 1.99. The first-order chi connectivity index (χ1) is 8.81. The van der Waals surface area contributed by atoms with Crippen molar-refractivity contribution in [2.75, 3.05) is 0 Å². The van der Waals surface area contributed by atoms with E-state index in [4.69, 9.17) is 0 Å². The molecule has 0 fully saturated rings. The minimum atomic E-state index is 0.520. The number of hydrogen-bond donors (Lipinski definition) is 0. The summed E-state index contributed by atoms with van der Waals surface area (Å²) < 4.78 is 1.67. The number of fused-ring (bicyclic) bond motifs is 1. The van der Waals surface area contributed by atoms with Gasteiger partial charge in [-0.15, -0.1) is 0 Å². The van der Waals surface area contributed by atoms with Gasteiger partial charge in [0.15, 0.2) is 5.65 Å². The molecule has 0 aromatic carbocycles. The highest BCUT2D eigenvalue weighted by Gasteiger charge is 2.13. The van der Waals surface area contributed by atoms with E-state index < -0.39 is 0 Å². The van der Waals surface area contributed by atoms with Crippen LogP contribution in [0.3, 0.4) is 0 Å². The van der Waals surface area contributed by atoms with Gasteiger partial charge in [-0.05, 0) is 19.1 Å². The molecule has 0 amide bonds. The van der Waals surface area contributed by atoms with Crippen molar-refractivity contribution >= 4 is 5.65 Å². The Morgan fingerprint density at radius 1 is 1.39 bits per heavy atom. The Labute approximate surface area is 103 Å². The number of nitrogens with zero attached hydrogens (tertiary/aromatic N) is 5. The van der Waals surface area contributed by atoms with Gasteiger partial charge in [0, 0.05) is 29.2 Å². The average molecular weight is 235 g/mol. The van der Waals surface area contributed by atoms with Gasteiger partial charge < -0.3 is 0 Å². The molecule has 5 heteroatoms. The third kappa shape index (κ3) is 1.44. The third-order valence-electron chi connectivity index (χ3n) is 2.81. The average Bonchev–Trinajstić information content (AvgIpc) is 2.89. The van der Waals surface area contributed by atoms with Crippen LogP contribution in [0, 0.1) is 18.3 Å². The maximum Gasteiger partial charge on any atom is 0.173 e. The van der Waals surface area contributed by atoms with Gasteiger partial charge >= 0.3 is 0 Å². The predicted octanol–water partition coefficient (Wildman–Crippen LogP) is 1.97. The molecular weight excluding hydrogens is 226 g/mol. The van der Waals surface area contributed by atoms with Crippen molar-refractivity contribution in [3.05, 3.63) is 48.2 Å². The third-order valence-corrected chi connectivity index (χ3v) is 2.81. The summed E-state index contributed by atoms with van der Waals surface area (Å²) in [5.41, 5.74) is 3.77. The fourth-order valence-electron chi connectivity index (χ4n) is 1.99. The van der Waals surface area contributed by atoms with E-state index in [-0.39, 0.29) is 0 Å². The second kappa shape index (κ2) is 3.93. The Balaban J connectivity index is 2.40. The van der Waals surface area contributed by atoms with Gasteiger partial charge in [-0.1, -0.05) is 6.07 Å². The van der Waals surface area contributed by atoms with Crippen molar-refractivity contribution in [3.8, 4) is 17.2 Å². The molecular formula is C13H9N5. The zero-order valence-electron chi connectivity index (χ0n) is 9.70. The fraction of sp³-hybridized carbons (Fsp3) is 0.0769. The molecule has 3 aromatic rings. The summed E-state index contributed by atoms with van der Waals surface area (Å²) in [6.07, 6.45) is 4.90. The van der Waals surface area contributed by atoms with E-state index >= 15 is 0 Å². The zero-order chi connectivity index (χ0) is 12.5. The predicted molar refractivity (Wildman–Crippen MR) is 65.7 cm³/mol. The van der Waals surface area contributed by atoms with Crippen molar-refractivity contribution < 1.29 is 0 Å². The van der Waals surface area contributed by atoms with Crippen LogP contribution < -0.4 is 0 Å². The van der Waals surface area contributed by atoms with Gasteiger partial charge in [0.05, 0.1) is 0 Å². The first kappa shape index (κ1) is 10.4. The lowest BCUT2D eigenvalue weighted by molar-refractivity contribution is 0.913. The summed E-state index contributed by atoms with van der Waals surface area (Å²) in [7, 11) is 0. The molecule has 3 heterocycles. The second-order valence-electron chi connectivity index (χ2n) is 3.92. The molecule has 0 aliphatic heterocycles. The van der Waals surface area contributed by atoms with E-state index in [9.17, 15) is 5.26 Å². The lowest BCUT2D eigenvalue weighted by Gasteiger charge is -2.07. The lowest BCUT2D eigenvalue weighted by atomic mass is 10.0. The summed E-state index contributed by atoms with van der Waals surface area (Å²) in [4.78, 5) is 8.23. The summed E-state index contributed by atoms with van der Waals surface area (Å²) in [5, 5.41) is 13.4. The van der Waals surface area contributed by atoms with Gasteiger partial charge in [-0.25, -0.2) is 9.50 Å². The van der Waals surface area contributed by atoms with Gasteiger partial charge in [0.1, 0.15) is 18.0 Å². The molecule has 0 radical (unpaired) electrons. The molecule has 0 atom stereocenters. The topological polar surface area (TPSA) is 66.9 Å². The molecule has 0 bridgehead atoms. The summed E-state index contributed by atoms with van der Waals surface area (Å²) in [5.74, 6) is 0. The normalized spacial score (nSPS) is 10.4. The number of aromatic nitrogens is 4. The quantitative estimate of drug-likeness (QED) is 0.646. The zero-order valence-corrected chi connectivity index (χ0v) is 9.70. The lowest BCUT2D eigenvalue weighted by Crippen LogP contribution is -1.98. The van der Waals surface area contributed by atoms with E-state index in [0.717, 1.165) is 16.8 Å². The number of rotatable bonds is 1. The van der Waals surface area contributed by atoms with Crippen LogP contribution in [0.1, 0.15) is 11.3 Å². The van der Waals surface area contributed by atoms with E-state index in [1.807, 2.05) is 25.1 Å². The van der Waals surface area contributed by atoms with Crippen molar-refractivity contribution in [2.24, 2.45) is 0 Å². The van der Waals surface area contributed by atoms with Gasteiger partial charge in [0.25, 0.3) is 0 Å². The SMILES string of the molecule is Cc1cc(-c2cccnc2)c(C#N)c2ncnn12. The molecule has 3 rings (SSSR count). The second-order valence-corrected chi connectivity index (χ2v) is 3.92. The molecule has 0 aliphatic carbocycles. The molecule has 5 nitrogen and oxygen atoms in total. The number of aryl methyl sites for hydroxylation is 1. The van der Waals surface area contributed by atoms with Crippen LogP contribution in [0.2, 0.25) is 0 Å². The molecule has 0 unspecified atom stereocenters. The molecule has 0 N–H and O–H groups in total. The Morgan fingerprint density at radius 3 is 3.00 bits per heavy atom. The minimum Gasteiger partial charge on any atom is -0.264 e. The molecule has 0 saturated carbocycles. The highest BCUT2D eigenvalue weighted by molar-refractivity contribution is 5.77. The largest absolute Gasteiger partial charge is 0.264 e. The van der Waals surface area contributed by atoms with Crippen LogP contribution in [-0.4, -0.2) is 19.6 Å². The number of nitriles is 1. The van der Waals surface area contributed by atoms with E-state index in [0.29, 0.717) is 11.2 Å². The van der Waals surface area contributed by atoms with E-state index in [1.165, 1.54) is 6.33 Å². The van der Waals surface area contributed by atoms with Crippen LogP contribution >= 0.6 is 0 Å². The standard InChI is InChI=1S/C13H9N5/c1-9-5-11(10-3-2-4-15-7-10)12(6-14)13-16-8-17-18(9)13/h2-5,7-8H,1H3. The van der Waals surface area contributed by atoms with Crippen molar-refractivity contribution in [3.63, 3.8) is 0 Å². The summed E-state index contributed by atoms with van der Waals surface area (Å²) in [6.45, 7) is 1.93. The molecule has 0 aliphatic rings. The number of pyridine rings is 2. The highest BCUT2D eigenvalue weighted by atomic mass is 15.3. The van der Waals surface area contributed by atoms with Gasteiger partial charge in [-0.3, -0.25) is 4.98 Å². The Hall–Kier alpha value is -2.74. The summed E-state index contributed by atoms with van der Waals surface area (Å²) in [6, 6.07) is 7.90. The van der Waals surface area contributed by atoms with Crippen LogP contribution in [0.4, 0.5) is 0 Å². The Bertz CT molecular complexity index is 752. The van der Waals surface area contributed by atoms with E-state index in [1.54, 1.807) is 16.9 Å². The Kier molecular flexibility index (Phi) is 2.27. The highest BCUT2D eigenvalue weighted by Crippen LogP contribution is 2.26. The first-order valence-electron chi connectivity index (χ1n) is 5.45. The van der Waals surface area contributed by atoms with Gasteiger partial charge in [0.2, 0.25) is 0 Å². The van der Waals surface area contributed by atoms with Crippen molar-refractivity contribution in [1.29, 1.82) is 5.26 Å². The summed E-state index contributed by atoms with van der Waals surface area (Å²) >= 11 is 0. The van der Waals surface area contributed by atoms with Crippen LogP contribution in [0.25, 0.3) is 16.8 Å². The molecule has 3 aromatic heterocycles. The molecule has 0 saturated heterocycles. The van der Waals surface area contributed by atoms with Crippen LogP contribution in [0.15, 0.2) is 36.9 Å². The molecule has 18 heavy (non-hydrogen) atoms. The molecule has 0 spiro atoms. The van der Waals surface area contributed by atoms with Crippen LogP contribution in [-0.2, 0) is 0 Å². The molecule has 86 valence electrons. The Morgan fingerprint density at radius 2 is 2.28 bits per heavy atom. The van der Waals surface area contributed by atoms with Crippen molar-refractivity contribution in [1.82, 2.24) is 19.6 Å². The van der Waals surface area contributed by atoms with Gasteiger partial charge in [-0.2, -0.15) is 10.4 Å². The first-order valence-corrected chi connectivity index (χ1v) is 5.45. The monoisotopic (exact) mass is 235 g/mol. The maximum atomic E-state index is 9.34. The van der Waals surface area contributed by atoms with Crippen molar-refractivity contribution in [2.45, 2.75) is 6.92 Å². The van der Waals surface area contributed by atoms with E-state index in [2.05, 4.69) is 21.1 Å². The maximum absolute atomic E-state index is 9.34. The van der Waals surface area contributed by atoms with Crippen LogP contribution in [0.5, 0.6) is 0 Å². The number of hydrogen-bond acceptors (Lipinski definition) is 4.